The Morgan fingerprint density at radius 3 is 2.25 bits per heavy atom. The fourth-order valence-corrected chi connectivity index (χ4v) is 7.38. The maximum atomic E-state index is 13.3. The summed E-state index contributed by atoms with van der Waals surface area (Å²) in [5, 5.41) is 12.2. The largest absolute Gasteiger partial charge is 0.504 e. The van der Waals surface area contributed by atoms with Crippen LogP contribution in [0.15, 0.2) is 48.0 Å². The first-order chi connectivity index (χ1) is 17.3. The number of ether oxygens (including phenoxy) is 1. The molecule has 1 saturated heterocycles. The van der Waals surface area contributed by atoms with Crippen LogP contribution in [0.25, 0.3) is 6.08 Å². The monoisotopic (exact) mass is 486 g/mol. The Bertz CT molecular complexity index is 1240. The molecule has 36 heavy (non-hydrogen) atoms. The van der Waals surface area contributed by atoms with Crippen LogP contribution in [-0.4, -0.2) is 29.6 Å². The second-order valence-corrected chi connectivity index (χ2v) is 10.9. The van der Waals surface area contributed by atoms with Crippen LogP contribution in [0.2, 0.25) is 0 Å². The molecule has 0 radical (unpaired) electrons. The van der Waals surface area contributed by atoms with Gasteiger partial charge < -0.3 is 9.84 Å². The Morgan fingerprint density at radius 2 is 1.64 bits per heavy atom. The molecule has 186 valence electrons. The van der Waals surface area contributed by atoms with Gasteiger partial charge in [-0.3, -0.25) is 14.9 Å². The van der Waals surface area contributed by atoms with Crippen molar-refractivity contribution < 1.29 is 24.2 Å². The lowest BCUT2D eigenvalue weighted by Gasteiger charge is -2.57. The smallest absolute Gasteiger partial charge is 0.335 e. The van der Waals surface area contributed by atoms with Crippen LogP contribution >= 0.6 is 0 Å². The third kappa shape index (κ3) is 3.77. The molecule has 5 fully saturated rings. The van der Waals surface area contributed by atoms with Crippen molar-refractivity contribution in [1.82, 2.24) is 5.32 Å². The molecule has 4 amide bonds. The lowest BCUT2D eigenvalue weighted by atomic mass is 9.48. The van der Waals surface area contributed by atoms with Gasteiger partial charge in [-0.05, 0) is 110 Å². The Kier molecular flexibility index (Phi) is 5.39. The van der Waals surface area contributed by atoms with Crippen molar-refractivity contribution in [1.29, 1.82) is 0 Å². The number of barbiturate groups is 1. The van der Waals surface area contributed by atoms with E-state index in [1.54, 1.807) is 19.1 Å². The molecule has 5 aliphatic rings. The number of phenolic OH excluding ortho intramolecular Hbond substituents is 1. The van der Waals surface area contributed by atoms with Crippen LogP contribution in [0.5, 0.6) is 11.5 Å². The highest BCUT2D eigenvalue weighted by molar-refractivity contribution is 6.39. The van der Waals surface area contributed by atoms with E-state index < -0.39 is 17.8 Å². The van der Waals surface area contributed by atoms with E-state index in [1.807, 2.05) is 12.1 Å². The Labute approximate surface area is 210 Å². The lowest BCUT2D eigenvalue weighted by molar-refractivity contribution is -0.122. The van der Waals surface area contributed by atoms with Crippen LogP contribution in [0, 0.1) is 17.8 Å². The fraction of sp³-hybridized carbons (Fsp3) is 0.414. The number of carbonyl (C=O) groups is 3. The number of urea groups is 1. The zero-order valence-electron chi connectivity index (χ0n) is 20.3. The highest BCUT2D eigenvalue weighted by Crippen LogP contribution is 2.60. The molecule has 4 saturated carbocycles. The second kappa shape index (κ2) is 8.50. The molecule has 2 aromatic carbocycles. The fourth-order valence-electron chi connectivity index (χ4n) is 7.38. The molecular weight excluding hydrogens is 456 g/mol. The van der Waals surface area contributed by atoms with Crippen LogP contribution in [0.1, 0.15) is 56.6 Å². The summed E-state index contributed by atoms with van der Waals surface area (Å²) in [5.74, 6) is 1.26. The number of anilines is 1. The summed E-state index contributed by atoms with van der Waals surface area (Å²) >= 11 is 0. The van der Waals surface area contributed by atoms with Gasteiger partial charge in [0.25, 0.3) is 11.8 Å². The van der Waals surface area contributed by atoms with Gasteiger partial charge in [0, 0.05) is 0 Å². The zero-order valence-corrected chi connectivity index (χ0v) is 20.3. The first-order valence-electron chi connectivity index (χ1n) is 12.8. The number of carbonyl (C=O) groups excluding carboxylic acids is 3. The number of nitrogens with zero attached hydrogens (tertiary/aromatic N) is 1. The predicted molar refractivity (Wildman–Crippen MR) is 135 cm³/mol. The van der Waals surface area contributed by atoms with Crippen LogP contribution < -0.4 is 15.0 Å². The first-order valence-corrected chi connectivity index (χ1v) is 12.8. The SMILES string of the molecule is CCOc1cc(/C=C2\C(=O)NC(=O)N(c3ccc(C45CC6CC(CC(C6)C4)C5)cc3)C2=O)ccc1O. The van der Waals surface area contributed by atoms with Gasteiger partial charge in [-0.15, -0.1) is 0 Å². The highest BCUT2D eigenvalue weighted by Gasteiger charge is 2.51. The highest BCUT2D eigenvalue weighted by atomic mass is 16.5. The number of imide groups is 2. The average Bonchev–Trinajstić information content (AvgIpc) is 2.83. The maximum absolute atomic E-state index is 13.3. The summed E-state index contributed by atoms with van der Waals surface area (Å²) in [4.78, 5) is 39.6. The van der Waals surface area contributed by atoms with Crippen molar-refractivity contribution in [2.75, 3.05) is 11.5 Å². The van der Waals surface area contributed by atoms with E-state index in [0.29, 0.717) is 17.9 Å². The number of hydrogen-bond acceptors (Lipinski definition) is 5. The average molecular weight is 487 g/mol. The molecule has 4 bridgehead atoms. The molecule has 7 heteroatoms. The quantitative estimate of drug-likeness (QED) is 0.462. The third-order valence-electron chi connectivity index (χ3n) is 8.47. The van der Waals surface area contributed by atoms with Crippen molar-refractivity contribution in [2.24, 2.45) is 17.8 Å². The van der Waals surface area contributed by atoms with Gasteiger partial charge in [0.15, 0.2) is 11.5 Å². The minimum atomic E-state index is -0.759. The number of hydrogen-bond donors (Lipinski definition) is 2. The Hall–Kier alpha value is -3.61. The third-order valence-corrected chi connectivity index (χ3v) is 8.47. The number of benzene rings is 2. The topological polar surface area (TPSA) is 95.9 Å². The Morgan fingerprint density at radius 1 is 1.00 bits per heavy atom. The minimum absolute atomic E-state index is 0.0330. The summed E-state index contributed by atoms with van der Waals surface area (Å²) < 4.78 is 5.40. The van der Waals surface area contributed by atoms with Crippen LogP contribution in [-0.2, 0) is 15.0 Å². The zero-order chi connectivity index (χ0) is 25.0. The van der Waals surface area contributed by atoms with Gasteiger partial charge >= 0.3 is 6.03 Å². The molecule has 0 spiro atoms. The molecule has 0 unspecified atom stereocenters. The van der Waals surface area contributed by atoms with Gasteiger partial charge in [0.1, 0.15) is 5.57 Å². The molecule has 0 atom stereocenters. The van der Waals surface area contributed by atoms with E-state index in [9.17, 15) is 19.5 Å². The molecule has 1 heterocycles. The molecule has 7 rings (SSSR count). The van der Waals surface area contributed by atoms with E-state index in [2.05, 4.69) is 17.4 Å². The maximum Gasteiger partial charge on any atom is 0.335 e. The normalized spacial score (nSPS) is 30.1. The summed E-state index contributed by atoms with van der Waals surface area (Å²) in [6.07, 6.45) is 9.22. The van der Waals surface area contributed by atoms with Crippen LogP contribution in [0.3, 0.4) is 0 Å². The first kappa shape index (κ1) is 22.8. The molecule has 1 aliphatic heterocycles. The molecule has 7 nitrogen and oxygen atoms in total. The Balaban J connectivity index is 1.28. The summed E-state index contributed by atoms with van der Waals surface area (Å²) in [7, 11) is 0. The molecule has 4 aliphatic carbocycles. The van der Waals surface area contributed by atoms with E-state index in [0.717, 1.165) is 22.7 Å². The van der Waals surface area contributed by atoms with Gasteiger partial charge in [-0.25, -0.2) is 9.69 Å². The molecular formula is C29H30N2O5. The second-order valence-electron chi connectivity index (χ2n) is 10.9. The standard InChI is InChI=1S/C29H30N2O5/c1-2-36-25-13-17(3-8-24(25)32)12-23-26(33)30-28(35)31(27(23)34)22-6-4-21(5-7-22)29-14-18-9-19(15-29)11-20(10-18)16-29/h3-8,12-13,18-20,32H,2,9-11,14-16H2,1H3,(H,30,33,35)/b23-12+. The molecule has 2 aromatic rings. The van der Waals surface area contributed by atoms with E-state index in [1.165, 1.54) is 56.2 Å². The number of phenols is 1. The van der Waals surface area contributed by atoms with Gasteiger partial charge in [-0.2, -0.15) is 0 Å². The summed E-state index contributed by atoms with van der Waals surface area (Å²) in [6, 6.07) is 11.6. The summed E-state index contributed by atoms with van der Waals surface area (Å²) in [5.41, 5.74) is 2.30. The lowest BCUT2D eigenvalue weighted by Crippen LogP contribution is -2.54. The van der Waals surface area contributed by atoms with Crippen molar-refractivity contribution >= 4 is 29.6 Å². The number of nitrogens with one attached hydrogen (secondary N) is 1. The number of rotatable bonds is 5. The predicted octanol–water partition coefficient (Wildman–Crippen LogP) is 4.93. The van der Waals surface area contributed by atoms with Crippen LogP contribution in [0.4, 0.5) is 10.5 Å². The molecule has 2 N–H and O–H groups in total. The minimum Gasteiger partial charge on any atom is -0.504 e. The van der Waals surface area contributed by atoms with E-state index >= 15 is 0 Å². The van der Waals surface area contributed by atoms with Crippen molar-refractivity contribution in [3.8, 4) is 11.5 Å². The number of aromatic hydroxyl groups is 1. The number of amides is 4. The van der Waals surface area contributed by atoms with Gasteiger partial charge in [-0.1, -0.05) is 18.2 Å². The van der Waals surface area contributed by atoms with Gasteiger partial charge in [0.05, 0.1) is 12.3 Å². The van der Waals surface area contributed by atoms with Crippen molar-refractivity contribution in [2.45, 2.75) is 50.9 Å². The molecule has 0 aromatic heterocycles. The van der Waals surface area contributed by atoms with Gasteiger partial charge in [0.2, 0.25) is 0 Å². The van der Waals surface area contributed by atoms with Crippen molar-refractivity contribution in [3.05, 3.63) is 59.2 Å². The van der Waals surface area contributed by atoms with E-state index in [-0.39, 0.29) is 22.5 Å². The van der Waals surface area contributed by atoms with Crippen molar-refractivity contribution in [3.63, 3.8) is 0 Å². The summed E-state index contributed by atoms with van der Waals surface area (Å²) in [6.45, 7) is 2.15. The van der Waals surface area contributed by atoms with E-state index in [4.69, 9.17) is 4.74 Å².